The summed E-state index contributed by atoms with van der Waals surface area (Å²) in [5.74, 6) is 3.91. The number of amides is 2. The molecule has 0 unspecified atom stereocenters. The third-order valence-corrected chi connectivity index (χ3v) is 4.36. The number of urea groups is 1. The minimum absolute atomic E-state index is 0.192. The fourth-order valence-corrected chi connectivity index (χ4v) is 2.97. The van der Waals surface area contributed by atoms with Gasteiger partial charge >= 0.3 is 6.03 Å². The largest absolute Gasteiger partial charge is 0.454 e. The molecular formula is C21H23N7O3. The van der Waals surface area contributed by atoms with E-state index in [1.165, 1.54) is 0 Å². The zero-order chi connectivity index (χ0) is 21.6. The van der Waals surface area contributed by atoms with Crippen molar-refractivity contribution >= 4 is 29.2 Å². The molecule has 2 amide bonds. The quantitative estimate of drug-likeness (QED) is 0.429. The molecule has 10 heteroatoms. The topological polar surface area (TPSA) is 122 Å². The predicted molar refractivity (Wildman–Crippen MR) is 117 cm³/mol. The number of carbonyl (C=O) groups is 1. The predicted octanol–water partition coefficient (Wildman–Crippen LogP) is 3.19. The van der Waals surface area contributed by atoms with Gasteiger partial charge < -0.3 is 30.7 Å². The van der Waals surface area contributed by atoms with E-state index >= 15 is 0 Å². The Morgan fingerprint density at radius 1 is 0.968 bits per heavy atom. The number of nitrogens with one attached hydrogen (secondary N) is 4. The van der Waals surface area contributed by atoms with E-state index in [-0.39, 0.29) is 12.8 Å². The van der Waals surface area contributed by atoms with Crippen LogP contribution in [0.4, 0.5) is 27.9 Å². The maximum absolute atomic E-state index is 12.1. The molecule has 10 nitrogen and oxygen atoms in total. The number of aromatic nitrogens is 3. The average Bonchev–Trinajstić information content (AvgIpc) is 3.19. The number of pyridine rings is 1. The molecule has 0 saturated carbocycles. The maximum Gasteiger partial charge on any atom is 0.319 e. The third-order valence-electron chi connectivity index (χ3n) is 4.36. The van der Waals surface area contributed by atoms with Crippen LogP contribution in [0.5, 0.6) is 11.5 Å². The van der Waals surface area contributed by atoms with Crippen LogP contribution in [0.2, 0.25) is 0 Å². The van der Waals surface area contributed by atoms with Gasteiger partial charge in [-0.3, -0.25) is 0 Å². The standard InChI is InChI=1S/C21H23N7O3/c1-13-5-6-22-18(9-13)28-20-11-19(25-14(2)26-20)23-7-8-24-21(29)27-15-3-4-16-17(10-15)31-12-30-16/h3-6,9-11H,7-8,12H2,1-2H3,(H2,24,27,29)(H2,22,23,25,26,28). The SMILES string of the molecule is Cc1ccnc(Nc2cc(NCCNC(=O)Nc3ccc4c(c3)OCO4)nc(C)n2)c1. The van der Waals surface area contributed by atoms with Gasteiger partial charge in [0, 0.05) is 37.1 Å². The molecule has 2 aromatic heterocycles. The number of ether oxygens (including phenoxy) is 2. The number of fused-ring (bicyclic) bond motifs is 1. The van der Waals surface area contributed by atoms with Gasteiger partial charge in [-0.25, -0.2) is 19.7 Å². The molecule has 0 aliphatic carbocycles. The van der Waals surface area contributed by atoms with Gasteiger partial charge in [0.2, 0.25) is 6.79 Å². The van der Waals surface area contributed by atoms with Crippen molar-refractivity contribution in [1.29, 1.82) is 0 Å². The number of hydrogen-bond donors (Lipinski definition) is 4. The molecule has 31 heavy (non-hydrogen) atoms. The number of carbonyl (C=O) groups excluding carboxylic acids is 1. The Kier molecular flexibility index (Phi) is 5.97. The Morgan fingerprint density at radius 3 is 2.68 bits per heavy atom. The Bertz CT molecular complexity index is 1090. The Labute approximate surface area is 179 Å². The second kappa shape index (κ2) is 9.16. The van der Waals surface area contributed by atoms with Gasteiger partial charge in [0.1, 0.15) is 23.3 Å². The molecular weight excluding hydrogens is 398 g/mol. The number of anilines is 4. The van der Waals surface area contributed by atoms with Gasteiger partial charge in [-0.05, 0) is 43.7 Å². The molecule has 3 aromatic rings. The first-order valence-corrected chi connectivity index (χ1v) is 9.79. The van der Waals surface area contributed by atoms with E-state index in [1.807, 2.05) is 26.0 Å². The lowest BCUT2D eigenvalue weighted by Gasteiger charge is -2.11. The molecule has 0 spiro atoms. The molecule has 0 radical (unpaired) electrons. The highest BCUT2D eigenvalue weighted by molar-refractivity contribution is 5.89. The van der Waals surface area contributed by atoms with Crippen LogP contribution in [0.25, 0.3) is 0 Å². The van der Waals surface area contributed by atoms with E-state index in [4.69, 9.17) is 9.47 Å². The Morgan fingerprint density at radius 2 is 1.81 bits per heavy atom. The van der Waals surface area contributed by atoms with Crippen molar-refractivity contribution in [2.75, 3.05) is 35.8 Å². The molecule has 1 aliphatic rings. The summed E-state index contributed by atoms with van der Waals surface area (Å²) in [6.45, 7) is 4.91. The van der Waals surface area contributed by atoms with Crippen molar-refractivity contribution in [3.8, 4) is 11.5 Å². The van der Waals surface area contributed by atoms with Crippen LogP contribution >= 0.6 is 0 Å². The molecule has 0 fully saturated rings. The van der Waals surface area contributed by atoms with Crippen LogP contribution in [0, 0.1) is 13.8 Å². The van der Waals surface area contributed by atoms with Crippen LogP contribution in [-0.2, 0) is 0 Å². The van der Waals surface area contributed by atoms with Crippen LogP contribution < -0.4 is 30.7 Å². The third kappa shape index (κ3) is 5.50. The summed E-state index contributed by atoms with van der Waals surface area (Å²) >= 11 is 0. The van der Waals surface area contributed by atoms with Crippen LogP contribution in [-0.4, -0.2) is 40.9 Å². The van der Waals surface area contributed by atoms with E-state index in [0.29, 0.717) is 53.6 Å². The van der Waals surface area contributed by atoms with Crippen molar-refractivity contribution in [2.45, 2.75) is 13.8 Å². The fraction of sp³-hybridized carbons (Fsp3) is 0.238. The highest BCUT2D eigenvalue weighted by atomic mass is 16.7. The normalized spacial score (nSPS) is 11.7. The van der Waals surface area contributed by atoms with E-state index < -0.39 is 0 Å². The van der Waals surface area contributed by atoms with Gasteiger partial charge in [-0.1, -0.05) is 0 Å². The summed E-state index contributed by atoms with van der Waals surface area (Å²) in [5.41, 5.74) is 1.73. The van der Waals surface area contributed by atoms with Crippen LogP contribution in [0.15, 0.2) is 42.6 Å². The molecule has 0 atom stereocenters. The summed E-state index contributed by atoms with van der Waals surface area (Å²) < 4.78 is 10.6. The van der Waals surface area contributed by atoms with Gasteiger partial charge in [0.15, 0.2) is 11.5 Å². The fourth-order valence-electron chi connectivity index (χ4n) is 2.97. The minimum Gasteiger partial charge on any atom is -0.454 e. The summed E-state index contributed by atoms with van der Waals surface area (Å²) in [6.07, 6.45) is 1.74. The Hall–Kier alpha value is -4.08. The van der Waals surface area contributed by atoms with Crippen molar-refractivity contribution < 1.29 is 14.3 Å². The molecule has 0 bridgehead atoms. The number of rotatable bonds is 7. The summed E-state index contributed by atoms with van der Waals surface area (Å²) in [6, 6.07) is 10.6. The number of benzene rings is 1. The van der Waals surface area contributed by atoms with Gasteiger partial charge in [0.05, 0.1) is 0 Å². The van der Waals surface area contributed by atoms with Crippen molar-refractivity contribution in [3.63, 3.8) is 0 Å². The van der Waals surface area contributed by atoms with Crippen molar-refractivity contribution in [2.24, 2.45) is 0 Å². The second-order valence-corrected chi connectivity index (χ2v) is 6.90. The Balaban J connectivity index is 1.25. The van der Waals surface area contributed by atoms with Crippen molar-refractivity contribution in [1.82, 2.24) is 20.3 Å². The second-order valence-electron chi connectivity index (χ2n) is 6.90. The smallest absolute Gasteiger partial charge is 0.319 e. The summed E-state index contributed by atoms with van der Waals surface area (Å²) in [7, 11) is 0. The minimum atomic E-state index is -0.313. The zero-order valence-corrected chi connectivity index (χ0v) is 17.2. The summed E-state index contributed by atoms with van der Waals surface area (Å²) in [4.78, 5) is 25.1. The molecule has 1 aromatic carbocycles. The number of hydrogen-bond acceptors (Lipinski definition) is 8. The van der Waals surface area contributed by atoms with E-state index in [0.717, 1.165) is 5.56 Å². The lowest BCUT2D eigenvalue weighted by atomic mass is 10.3. The monoisotopic (exact) mass is 421 g/mol. The molecule has 0 saturated heterocycles. The van der Waals surface area contributed by atoms with E-state index in [9.17, 15) is 4.79 Å². The van der Waals surface area contributed by atoms with E-state index in [2.05, 4.69) is 36.2 Å². The van der Waals surface area contributed by atoms with Crippen LogP contribution in [0.1, 0.15) is 11.4 Å². The number of nitrogens with zero attached hydrogens (tertiary/aromatic N) is 3. The molecule has 1 aliphatic heterocycles. The highest BCUT2D eigenvalue weighted by Gasteiger charge is 2.14. The van der Waals surface area contributed by atoms with Crippen LogP contribution in [0.3, 0.4) is 0 Å². The summed E-state index contributed by atoms with van der Waals surface area (Å²) in [5, 5.41) is 11.9. The molecule has 3 heterocycles. The lowest BCUT2D eigenvalue weighted by molar-refractivity contribution is 0.174. The number of aryl methyl sites for hydroxylation is 2. The average molecular weight is 421 g/mol. The van der Waals surface area contributed by atoms with Gasteiger partial charge in [0.25, 0.3) is 0 Å². The van der Waals surface area contributed by atoms with Gasteiger partial charge in [-0.2, -0.15) is 0 Å². The zero-order valence-electron chi connectivity index (χ0n) is 17.2. The first kappa shape index (κ1) is 20.2. The first-order chi connectivity index (χ1) is 15.0. The molecule has 160 valence electrons. The first-order valence-electron chi connectivity index (χ1n) is 9.79. The lowest BCUT2D eigenvalue weighted by Crippen LogP contribution is -2.32. The van der Waals surface area contributed by atoms with E-state index in [1.54, 1.807) is 30.5 Å². The maximum atomic E-state index is 12.1. The molecule has 4 N–H and O–H groups in total. The highest BCUT2D eigenvalue weighted by Crippen LogP contribution is 2.34. The molecule has 4 rings (SSSR count). The van der Waals surface area contributed by atoms with Gasteiger partial charge in [-0.15, -0.1) is 0 Å². The van der Waals surface area contributed by atoms with Crippen molar-refractivity contribution in [3.05, 3.63) is 54.0 Å².